The van der Waals surface area contributed by atoms with E-state index >= 15 is 0 Å². The van der Waals surface area contributed by atoms with Gasteiger partial charge in [-0.25, -0.2) is 0 Å². The molecule has 0 amide bonds. The summed E-state index contributed by atoms with van der Waals surface area (Å²) in [6, 6.07) is 21.6. The predicted octanol–water partition coefficient (Wildman–Crippen LogP) is 4.72. The quantitative estimate of drug-likeness (QED) is 0.694. The minimum atomic E-state index is 0.230. The Bertz CT molecular complexity index is 434. The molecule has 0 saturated carbocycles. The molecule has 0 aliphatic carbocycles. The van der Waals surface area contributed by atoms with E-state index in [2.05, 4.69) is 83.8 Å². The summed E-state index contributed by atoms with van der Waals surface area (Å²) in [6.45, 7) is 4.68. The van der Waals surface area contributed by atoms with Gasteiger partial charge in [-0.05, 0) is 22.7 Å². The average Bonchev–Trinajstić information content (AvgIpc) is 2.41. The zero-order valence-electron chi connectivity index (χ0n) is 11.1. The molecule has 0 aromatic heterocycles. The lowest BCUT2D eigenvalue weighted by atomic mass is 9.72. The molecule has 0 heterocycles. The molecular formula is C17H21P. The van der Waals surface area contributed by atoms with Crippen molar-refractivity contribution >= 4 is 9.24 Å². The maximum atomic E-state index is 2.89. The zero-order chi connectivity index (χ0) is 13.0. The Hall–Kier alpha value is -1.13. The fourth-order valence-electron chi connectivity index (χ4n) is 2.50. The highest BCUT2D eigenvalue weighted by Crippen LogP contribution is 2.41. The fraction of sp³-hybridized carbons (Fsp3) is 0.294. The largest absolute Gasteiger partial charge is 0.137 e. The highest BCUT2D eigenvalue weighted by Gasteiger charge is 2.30. The van der Waals surface area contributed by atoms with Crippen LogP contribution in [-0.2, 0) is 0 Å². The summed E-state index contributed by atoms with van der Waals surface area (Å²) in [7, 11) is 2.89. The van der Waals surface area contributed by atoms with E-state index in [1.165, 1.54) is 11.1 Å². The Balaban J connectivity index is 2.49. The third kappa shape index (κ3) is 2.82. The van der Waals surface area contributed by atoms with Crippen LogP contribution in [0.25, 0.3) is 0 Å². The van der Waals surface area contributed by atoms with Gasteiger partial charge in [-0.1, -0.05) is 74.5 Å². The van der Waals surface area contributed by atoms with Gasteiger partial charge in [0, 0.05) is 5.92 Å². The third-order valence-electron chi connectivity index (χ3n) is 3.57. The molecule has 0 fully saturated rings. The van der Waals surface area contributed by atoms with Crippen molar-refractivity contribution in [3.8, 4) is 0 Å². The Labute approximate surface area is 113 Å². The number of rotatable bonds is 4. The van der Waals surface area contributed by atoms with Crippen LogP contribution in [0.5, 0.6) is 0 Å². The van der Waals surface area contributed by atoms with Crippen LogP contribution in [-0.4, -0.2) is 6.16 Å². The lowest BCUT2D eigenvalue weighted by Gasteiger charge is -2.34. The first-order valence-corrected chi connectivity index (χ1v) is 7.27. The SMILES string of the molecule is CC(C)(CP)C(c1ccccc1)c1ccccc1. The standard InChI is InChI=1S/C17H21P/c1-17(2,13-18)16(14-9-5-3-6-10-14)15-11-7-4-8-12-15/h3-12,16H,13,18H2,1-2H3. The Kier molecular flexibility index (Phi) is 4.19. The van der Waals surface area contributed by atoms with Crippen molar-refractivity contribution in [2.45, 2.75) is 19.8 Å². The summed E-state index contributed by atoms with van der Waals surface area (Å²) in [4.78, 5) is 0. The molecule has 0 nitrogen and oxygen atoms in total. The predicted molar refractivity (Wildman–Crippen MR) is 83.1 cm³/mol. The normalized spacial score (nSPS) is 11.8. The number of hydrogen-bond acceptors (Lipinski definition) is 0. The van der Waals surface area contributed by atoms with E-state index in [1.54, 1.807) is 0 Å². The van der Waals surface area contributed by atoms with Crippen molar-refractivity contribution in [3.05, 3.63) is 71.8 Å². The zero-order valence-corrected chi connectivity index (χ0v) is 12.3. The molecule has 1 unspecified atom stereocenters. The highest BCUT2D eigenvalue weighted by molar-refractivity contribution is 7.16. The summed E-state index contributed by atoms with van der Waals surface area (Å²) in [6.07, 6.45) is 1.08. The summed E-state index contributed by atoms with van der Waals surface area (Å²) in [5.41, 5.74) is 3.03. The van der Waals surface area contributed by atoms with E-state index < -0.39 is 0 Å². The minimum absolute atomic E-state index is 0.230. The van der Waals surface area contributed by atoms with Crippen LogP contribution >= 0.6 is 9.24 Å². The smallest absolute Gasteiger partial charge is 0.0144 e. The summed E-state index contributed by atoms with van der Waals surface area (Å²) < 4.78 is 0. The lowest BCUT2D eigenvalue weighted by molar-refractivity contribution is 0.367. The summed E-state index contributed by atoms with van der Waals surface area (Å²) in [5, 5.41) is 0. The first-order chi connectivity index (χ1) is 8.65. The van der Waals surface area contributed by atoms with Gasteiger partial charge < -0.3 is 0 Å². The Morgan fingerprint density at radius 1 is 0.833 bits per heavy atom. The van der Waals surface area contributed by atoms with E-state index in [4.69, 9.17) is 0 Å². The Morgan fingerprint density at radius 3 is 1.56 bits per heavy atom. The van der Waals surface area contributed by atoms with Crippen LogP contribution in [0.3, 0.4) is 0 Å². The van der Waals surface area contributed by atoms with Gasteiger partial charge in [-0.2, -0.15) is 0 Å². The second-order valence-electron chi connectivity index (χ2n) is 5.45. The number of hydrogen-bond donors (Lipinski definition) is 0. The van der Waals surface area contributed by atoms with Crippen LogP contribution < -0.4 is 0 Å². The van der Waals surface area contributed by atoms with Crippen LogP contribution in [0, 0.1) is 5.41 Å². The molecule has 0 bridgehead atoms. The Morgan fingerprint density at radius 2 is 1.22 bits per heavy atom. The van der Waals surface area contributed by atoms with Gasteiger partial charge >= 0.3 is 0 Å². The average molecular weight is 256 g/mol. The molecule has 0 aliphatic rings. The molecule has 0 radical (unpaired) electrons. The van der Waals surface area contributed by atoms with Crippen molar-refractivity contribution < 1.29 is 0 Å². The molecule has 1 heteroatoms. The molecular weight excluding hydrogens is 235 g/mol. The molecule has 94 valence electrons. The van der Waals surface area contributed by atoms with Crippen molar-refractivity contribution in [2.75, 3.05) is 6.16 Å². The molecule has 1 atom stereocenters. The van der Waals surface area contributed by atoms with E-state index in [1.807, 2.05) is 0 Å². The van der Waals surface area contributed by atoms with Gasteiger partial charge in [0.2, 0.25) is 0 Å². The van der Waals surface area contributed by atoms with E-state index in [-0.39, 0.29) is 5.41 Å². The third-order valence-corrected chi connectivity index (χ3v) is 4.63. The van der Waals surface area contributed by atoms with E-state index in [0.29, 0.717) is 5.92 Å². The van der Waals surface area contributed by atoms with Crippen molar-refractivity contribution in [1.82, 2.24) is 0 Å². The second kappa shape index (κ2) is 5.67. The first-order valence-electron chi connectivity index (χ1n) is 6.45. The van der Waals surface area contributed by atoms with Gasteiger partial charge in [0.1, 0.15) is 0 Å². The molecule has 0 aliphatic heterocycles. The molecule has 2 aromatic carbocycles. The van der Waals surface area contributed by atoms with E-state index in [0.717, 1.165) is 6.16 Å². The maximum Gasteiger partial charge on any atom is 0.0144 e. The van der Waals surface area contributed by atoms with Crippen LogP contribution in [0.1, 0.15) is 30.9 Å². The van der Waals surface area contributed by atoms with Crippen LogP contribution in [0.15, 0.2) is 60.7 Å². The fourth-order valence-corrected chi connectivity index (χ4v) is 2.74. The van der Waals surface area contributed by atoms with Gasteiger partial charge in [0.25, 0.3) is 0 Å². The van der Waals surface area contributed by atoms with E-state index in [9.17, 15) is 0 Å². The first kappa shape index (κ1) is 13.3. The summed E-state index contributed by atoms with van der Waals surface area (Å²) in [5.74, 6) is 0.442. The maximum absolute atomic E-state index is 2.89. The van der Waals surface area contributed by atoms with Gasteiger partial charge in [-0.3, -0.25) is 0 Å². The molecule has 0 saturated heterocycles. The van der Waals surface area contributed by atoms with Crippen LogP contribution in [0.2, 0.25) is 0 Å². The van der Waals surface area contributed by atoms with Crippen molar-refractivity contribution in [1.29, 1.82) is 0 Å². The lowest BCUT2D eigenvalue weighted by Crippen LogP contribution is -2.24. The van der Waals surface area contributed by atoms with Crippen LogP contribution in [0.4, 0.5) is 0 Å². The molecule has 0 spiro atoms. The highest BCUT2D eigenvalue weighted by atomic mass is 31.0. The number of benzene rings is 2. The monoisotopic (exact) mass is 256 g/mol. The minimum Gasteiger partial charge on any atom is -0.137 e. The second-order valence-corrected chi connectivity index (χ2v) is 5.86. The van der Waals surface area contributed by atoms with Crippen molar-refractivity contribution in [3.63, 3.8) is 0 Å². The molecule has 18 heavy (non-hydrogen) atoms. The van der Waals surface area contributed by atoms with Gasteiger partial charge in [-0.15, -0.1) is 9.24 Å². The summed E-state index contributed by atoms with van der Waals surface area (Å²) >= 11 is 0. The molecule has 0 N–H and O–H groups in total. The van der Waals surface area contributed by atoms with Gasteiger partial charge in [0.15, 0.2) is 0 Å². The molecule has 2 rings (SSSR count). The van der Waals surface area contributed by atoms with Crippen molar-refractivity contribution in [2.24, 2.45) is 5.41 Å². The topological polar surface area (TPSA) is 0 Å². The molecule has 2 aromatic rings. The van der Waals surface area contributed by atoms with Gasteiger partial charge in [0.05, 0.1) is 0 Å².